The van der Waals surface area contributed by atoms with Gasteiger partial charge in [-0.1, -0.05) is 25.1 Å². The molecule has 2 aromatic rings. The summed E-state index contributed by atoms with van der Waals surface area (Å²) in [6.45, 7) is 2.72. The van der Waals surface area contributed by atoms with E-state index in [9.17, 15) is 14.3 Å². The molecule has 3 rings (SSSR count). The van der Waals surface area contributed by atoms with Gasteiger partial charge >= 0.3 is 5.97 Å². The van der Waals surface area contributed by atoms with Gasteiger partial charge in [-0.15, -0.1) is 0 Å². The van der Waals surface area contributed by atoms with Crippen molar-refractivity contribution in [2.24, 2.45) is 0 Å². The Labute approximate surface area is 141 Å². The summed E-state index contributed by atoms with van der Waals surface area (Å²) >= 11 is 0. The summed E-state index contributed by atoms with van der Waals surface area (Å²) in [5, 5.41) is 9.53. The summed E-state index contributed by atoms with van der Waals surface area (Å²) in [7, 11) is 0. The van der Waals surface area contributed by atoms with Gasteiger partial charge < -0.3 is 5.11 Å². The molecule has 1 aliphatic rings. The average molecular weight is 328 g/mol. The number of rotatable bonds is 5. The minimum atomic E-state index is -0.834. The van der Waals surface area contributed by atoms with Gasteiger partial charge in [-0.3, -0.25) is 14.7 Å². The Morgan fingerprint density at radius 2 is 2.25 bits per heavy atom. The van der Waals surface area contributed by atoms with E-state index < -0.39 is 12.0 Å². The number of aliphatic carboxylic acids is 1. The van der Waals surface area contributed by atoms with Crippen LogP contribution < -0.4 is 0 Å². The van der Waals surface area contributed by atoms with Crippen LogP contribution in [0, 0.1) is 5.82 Å². The molecule has 1 aromatic carbocycles. The quantitative estimate of drug-likeness (QED) is 0.914. The Balaban J connectivity index is 2.04. The second-order valence-electron chi connectivity index (χ2n) is 6.14. The van der Waals surface area contributed by atoms with Crippen molar-refractivity contribution in [1.82, 2.24) is 9.88 Å². The zero-order valence-electron chi connectivity index (χ0n) is 13.7. The summed E-state index contributed by atoms with van der Waals surface area (Å²) < 4.78 is 13.7. The van der Waals surface area contributed by atoms with Crippen LogP contribution in [0.3, 0.4) is 0 Å². The maximum Gasteiger partial charge on any atom is 0.320 e. The third kappa shape index (κ3) is 3.31. The molecule has 1 aliphatic heterocycles. The predicted molar refractivity (Wildman–Crippen MR) is 89.2 cm³/mol. The monoisotopic (exact) mass is 328 g/mol. The lowest BCUT2D eigenvalue weighted by Gasteiger charge is -2.31. The van der Waals surface area contributed by atoms with E-state index in [0.717, 1.165) is 29.7 Å². The number of carboxylic acids is 1. The molecule has 0 spiro atoms. The van der Waals surface area contributed by atoms with Crippen LogP contribution in [0.2, 0.25) is 0 Å². The van der Waals surface area contributed by atoms with Crippen LogP contribution in [0.15, 0.2) is 42.6 Å². The van der Waals surface area contributed by atoms with Gasteiger partial charge in [0.1, 0.15) is 11.9 Å². The summed E-state index contributed by atoms with van der Waals surface area (Å²) in [5.74, 6) is -1.16. The number of aromatic nitrogens is 1. The molecule has 0 radical (unpaired) electrons. The lowest BCUT2D eigenvalue weighted by atomic mass is 9.99. The highest BCUT2D eigenvalue weighted by Crippen LogP contribution is 2.34. The molecule has 2 unspecified atom stereocenters. The van der Waals surface area contributed by atoms with Crippen LogP contribution in [0.25, 0.3) is 0 Å². The minimum Gasteiger partial charge on any atom is -0.480 e. The van der Waals surface area contributed by atoms with Crippen molar-refractivity contribution >= 4 is 5.97 Å². The van der Waals surface area contributed by atoms with E-state index in [1.807, 2.05) is 29.3 Å². The van der Waals surface area contributed by atoms with E-state index in [0.29, 0.717) is 13.0 Å². The number of pyridine rings is 1. The Morgan fingerprint density at radius 1 is 1.42 bits per heavy atom. The SMILES string of the molecule is CCc1ccc(C(c2cccc(F)c2)N2CCCC2C(=O)O)nc1. The van der Waals surface area contributed by atoms with E-state index in [4.69, 9.17) is 0 Å². The maximum absolute atomic E-state index is 13.7. The first-order chi connectivity index (χ1) is 11.6. The molecular weight excluding hydrogens is 307 g/mol. The number of aryl methyl sites for hydroxylation is 1. The number of halogens is 1. The summed E-state index contributed by atoms with van der Waals surface area (Å²) in [6.07, 6.45) is 4.12. The molecule has 4 nitrogen and oxygen atoms in total. The number of carboxylic acid groups (broad SMARTS) is 1. The fourth-order valence-corrected chi connectivity index (χ4v) is 3.38. The molecule has 2 heterocycles. The molecule has 1 N–H and O–H groups in total. The van der Waals surface area contributed by atoms with Gasteiger partial charge in [0.25, 0.3) is 0 Å². The number of hydrogen-bond acceptors (Lipinski definition) is 3. The summed E-state index contributed by atoms with van der Waals surface area (Å²) in [6, 6.07) is 9.36. The van der Waals surface area contributed by atoms with Crippen LogP contribution in [0.1, 0.15) is 42.6 Å². The highest BCUT2D eigenvalue weighted by molar-refractivity contribution is 5.74. The molecule has 24 heavy (non-hydrogen) atoms. The van der Waals surface area contributed by atoms with E-state index in [1.54, 1.807) is 6.07 Å². The lowest BCUT2D eigenvalue weighted by Crippen LogP contribution is -2.39. The van der Waals surface area contributed by atoms with E-state index in [2.05, 4.69) is 11.9 Å². The van der Waals surface area contributed by atoms with Gasteiger partial charge in [-0.25, -0.2) is 4.39 Å². The molecule has 1 fully saturated rings. The standard InChI is InChI=1S/C19H21FN2O2/c1-2-13-8-9-16(21-12-13)18(14-5-3-6-15(20)11-14)22-10-4-7-17(22)19(23)24/h3,5-6,8-9,11-12,17-18H,2,4,7,10H2,1H3,(H,23,24). The maximum atomic E-state index is 13.7. The molecule has 1 aromatic heterocycles. The Bertz CT molecular complexity index is 718. The molecule has 0 saturated carbocycles. The van der Waals surface area contributed by atoms with Crippen molar-refractivity contribution in [2.45, 2.75) is 38.3 Å². The Hall–Kier alpha value is -2.27. The smallest absolute Gasteiger partial charge is 0.320 e. The fourth-order valence-electron chi connectivity index (χ4n) is 3.38. The molecular formula is C19H21FN2O2. The van der Waals surface area contributed by atoms with Crippen molar-refractivity contribution < 1.29 is 14.3 Å². The van der Waals surface area contributed by atoms with Crippen LogP contribution in [0.5, 0.6) is 0 Å². The molecule has 126 valence electrons. The lowest BCUT2D eigenvalue weighted by molar-refractivity contribution is -0.142. The van der Waals surface area contributed by atoms with E-state index >= 15 is 0 Å². The summed E-state index contributed by atoms with van der Waals surface area (Å²) in [4.78, 5) is 18.1. The fraction of sp³-hybridized carbons (Fsp3) is 0.368. The third-order valence-corrected chi connectivity index (χ3v) is 4.61. The minimum absolute atomic E-state index is 0.325. The Kier molecular flexibility index (Phi) is 4.90. The molecule has 0 bridgehead atoms. The molecule has 1 saturated heterocycles. The van der Waals surface area contributed by atoms with Crippen LogP contribution in [-0.2, 0) is 11.2 Å². The van der Waals surface area contributed by atoms with Crippen molar-refractivity contribution in [2.75, 3.05) is 6.54 Å². The third-order valence-electron chi connectivity index (χ3n) is 4.61. The summed E-state index contributed by atoms with van der Waals surface area (Å²) in [5.41, 5.74) is 2.61. The van der Waals surface area contributed by atoms with Crippen molar-refractivity contribution in [3.05, 3.63) is 65.2 Å². The first-order valence-corrected chi connectivity index (χ1v) is 8.29. The first-order valence-electron chi connectivity index (χ1n) is 8.29. The number of likely N-dealkylation sites (tertiary alicyclic amines) is 1. The topological polar surface area (TPSA) is 53.4 Å². The van der Waals surface area contributed by atoms with Gasteiger partial charge in [0.2, 0.25) is 0 Å². The number of nitrogens with zero attached hydrogens (tertiary/aromatic N) is 2. The normalized spacial score (nSPS) is 19.3. The zero-order chi connectivity index (χ0) is 17.1. The van der Waals surface area contributed by atoms with Gasteiger partial charge in [0.05, 0.1) is 11.7 Å². The predicted octanol–water partition coefficient (Wildman–Crippen LogP) is 3.42. The van der Waals surface area contributed by atoms with E-state index in [1.165, 1.54) is 12.1 Å². The highest BCUT2D eigenvalue weighted by atomic mass is 19.1. The molecule has 5 heteroatoms. The average Bonchev–Trinajstić information content (AvgIpc) is 3.05. The number of benzene rings is 1. The van der Waals surface area contributed by atoms with Gasteiger partial charge in [-0.05, 0) is 48.6 Å². The van der Waals surface area contributed by atoms with Crippen molar-refractivity contribution in [3.8, 4) is 0 Å². The zero-order valence-corrected chi connectivity index (χ0v) is 13.7. The molecule has 0 aliphatic carbocycles. The molecule has 2 atom stereocenters. The highest BCUT2D eigenvalue weighted by Gasteiger charge is 2.37. The van der Waals surface area contributed by atoms with Gasteiger partial charge in [0, 0.05) is 12.7 Å². The van der Waals surface area contributed by atoms with Gasteiger partial charge in [-0.2, -0.15) is 0 Å². The number of hydrogen-bond donors (Lipinski definition) is 1. The largest absolute Gasteiger partial charge is 0.480 e. The van der Waals surface area contributed by atoms with Crippen LogP contribution >= 0.6 is 0 Å². The van der Waals surface area contributed by atoms with Crippen molar-refractivity contribution in [1.29, 1.82) is 0 Å². The number of carbonyl (C=O) groups is 1. The second-order valence-corrected chi connectivity index (χ2v) is 6.14. The van der Waals surface area contributed by atoms with E-state index in [-0.39, 0.29) is 11.9 Å². The Morgan fingerprint density at radius 3 is 2.88 bits per heavy atom. The van der Waals surface area contributed by atoms with Crippen LogP contribution in [-0.4, -0.2) is 33.5 Å². The van der Waals surface area contributed by atoms with Crippen LogP contribution in [0.4, 0.5) is 4.39 Å². The second kappa shape index (κ2) is 7.09. The van der Waals surface area contributed by atoms with Gasteiger partial charge in [0.15, 0.2) is 0 Å². The molecule has 0 amide bonds. The van der Waals surface area contributed by atoms with Crippen molar-refractivity contribution in [3.63, 3.8) is 0 Å². The first kappa shape index (κ1) is 16.6.